The van der Waals surface area contributed by atoms with Crippen molar-refractivity contribution in [2.75, 3.05) is 38.0 Å². The van der Waals surface area contributed by atoms with Gasteiger partial charge in [0.15, 0.2) is 0 Å². The molecule has 0 amide bonds. The first-order valence-corrected chi connectivity index (χ1v) is 14.3. The van der Waals surface area contributed by atoms with Crippen molar-refractivity contribution >= 4 is 23.3 Å². The first-order chi connectivity index (χ1) is 22.0. The molecule has 0 aliphatic heterocycles. The molecule has 0 atom stereocenters. The highest BCUT2D eigenvalue weighted by Gasteiger charge is 2.72. The van der Waals surface area contributed by atoms with Gasteiger partial charge in [-0.3, -0.25) is 0 Å². The SMILES string of the molecule is CN(C)c1ccc(COC(=O)c2ccc(C(c3ccc(C(=O)OCc4ccc(N(C)C)cc4)cc3)(C(F)(F)F)C(F)(F)F)cc2)cc1. The van der Waals surface area contributed by atoms with Crippen LogP contribution in [0.4, 0.5) is 37.7 Å². The largest absolute Gasteiger partial charge is 0.457 e. The molecule has 0 fully saturated rings. The van der Waals surface area contributed by atoms with Gasteiger partial charge in [-0.05, 0) is 70.8 Å². The Morgan fingerprint density at radius 3 is 1.06 bits per heavy atom. The van der Waals surface area contributed by atoms with Crippen molar-refractivity contribution in [1.29, 1.82) is 0 Å². The van der Waals surface area contributed by atoms with Crippen LogP contribution < -0.4 is 9.80 Å². The summed E-state index contributed by atoms with van der Waals surface area (Å²) in [5, 5.41) is 0. The minimum absolute atomic E-state index is 0.152. The Kier molecular flexibility index (Phi) is 10.2. The van der Waals surface area contributed by atoms with Crippen molar-refractivity contribution in [3.05, 3.63) is 130 Å². The van der Waals surface area contributed by atoms with Gasteiger partial charge in [0.2, 0.25) is 5.41 Å². The number of nitrogens with zero attached hydrogens (tertiary/aromatic N) is 2. The molecule has 0 heterocycles. The zero-order valence-electron chi connectivity index (χ0n) is 25.9. The monoisotopic (exact) mass is 658 g/mol. The molecule has 0 unspecified atom stereocenters. The van der Waals surface area contributed by atoms with Crippen LogP contribution in [0.1, 0.15) is 43.0 Å². The van der Waals surface area contributed by atoms with E-state index < -0.39 is 40.8 Å². The molecule has 248 valence electrons. The Morgan fingerprint density at radius 1 is 0.511 bits per heavy atom. The number of halogens is 6. The van der Waals surface area contributed by atoms with Crippen LogP contribution in [-0.4, -0.2) is 52.5 Å². The zero-order valence-corrected chi connectivity index (χ0v) is 25.9. The molecule has 0 spiro atoms. The van der Waals surface area contributed by atoms with E-state index in [4.69, 9.17) is 9.47 Å². The molecule has 0 radical (unpaired) electrons. The molecule has 12 heteroatoms. The highest BCUT2D eigenvalue weighted by Crippen LogP contribution is 2.56. The summed E-state index contributed by atoms with van der Waals surface area (Å²) in [6, 6.07) is 19.9. The van der Waals surface area contributed by atoms with Crippen molar-refractivity contribution in [2.24, 2.45) is 0 Å². The molecule has 0 aliphatic carbocycles. The second-order valence-electron chi connectivity index (χ2n) is 11.2. The van der Waals surface area contributed by atoms with Gasteiger partial charge in [0.05, 0.1) is 11.1 Å². The van der Waals surface area contributed by atoms with Gasteiger partial charge in [0.25, 0.3) is 0 Å². The highest BCUT2D eigenvalue weighted by molar-refractivity contribution is 5.90. The first-order valence-electron chi connectivity index (χ1n) is 14.3. The second kappa shape index (κ2) is 13.8. The number of hydrogen-bond donors (Lipinski definition) is 0. The maximum Gasteiger partial charge on any atom is 0.411 e. The van der Waals surface area contributed by atoms with Crippen LogP contribution in [0.15, 0.2) is 97.1 Å². The highest BCUT2D eigenvalue weighted by atomic mass is 19.4. The Balaban J connectivity index is 1.55. The third kappa shape index (κ3) is 7.53. The van der Waals surface area contributed by atoms with Crippen molar-refractivity contribution in [3.8, 4) is 0 Å². The lowest BCUT2D eigenvalue weighted by Crippen LogP contribution is -2.54. The van der Waals surface area contributed by atoms with Crippen LogP contribution in [0.3, 0.4) is 0 Å². The fourth-order valence-electron chi connectivity index (χ4n) is 4.94. The number of benzene rings is 4. The lowest BCUT2D eigenvalue weighted by Gasteiger charge is -2.38. The van der Waals surface area contributed by atoms with Gasteiger partial charge >= 0.3 is 24.3 Å². The van der Waals surface area contributed by atoms with E-state index in [9.17, 15) is 35.9 Å². The van der Waals surface area contributed by atoms with Gasteiger partial charge in [0, 0.05) is 39.6 Å². The minimum atomic E-state index is -5.85. The molecule has 0 bridgehead atoms. The fraction of sp³-hybridized carbons (Fsp3) is 0.257. The van der Waals surface area contributed by atoms with Crippen molar-refractivity contribution in [3.63, 3.8) is 0 Å². The number of rotatable bonds is 10. The summed E-state index contributed by atoms with van der Waals surface area (Å²) in [6.07, 6.45) is -11.7. The number of hydrogen-bond acceptors (Lipinski definition) is 6. The molecule has 4 rings (SSSR count). The lowest BCUT2D eigenvalue weighted by atomic mass is 9.72. The van der Waals surface area contributed by atoms with Crippen LogP contribution >= 0.6 is 0 Å². The normalized spacial score (nSPS) is 12.0. The van der Waals surface area contributed by atoms with Crippen LogP contribution in [0, 0.1) is 0 Å². The van der Waals surface area contributed by atoms with Crippen molar-refractivity contribution < 1.29 is 45.4 Å². The molecule has 47 heavy (non-hydrogen) atoms. The summed E-state index contributed by atoms with van der Waals surface area (Å²) in [5.74, 6) is -1.84. The summed E-state index contributed by atoms with van der Waals surface area (Å²) >= 11 is 0. The van der Waals surface area contributed by atoms with Crippen LogP contribution in [0.5, 0.6) is 0 Å². The Morgan fingerprint density at radius 2 is 0.809 bits per heavy atom. The van der Waals surface area contributed by atoms with Gasteiger partial charge in [-0.1, -0.05) is 48.5 Å². The molecular formula is C35H32F6N2O4. The van der Waals surface area contributed by atoms with E-state index >= 15 is 0 Å². The Bertz CT molecular complexity index is 1540. The number of anilines is 2. The van der Waals surface area contributed by atoms with Gasteiger partial charge in [-0.2, -0.15) is 26.3 Å². The van der Waals surface area contributed by atoms with Crippen molar-refractivity contribution in [2.45, 2.75) is 31.0 Å². The molecule has 0 saturated heterocycles. The van der Waals surface area contributed by atoms with Gasteiger partial charge in [0.1, 0.15) is 13.2 Å². The molecule has 0 saturated carbocycles. The second-order valence-corrected chi connectivity index (χ2v) is 11.2. The molecule has 4 aromatic carbocycles. The number of carbonyl (C=O) groups is 2. The van der Waals surface area contributed by atoms with E-state index in [2.05, 4.69) is 0 Å². The first kappa shape index (κ1) is 34.9. The molecule has 0 aromatic heterocycles. The van der Waals surface area contributed by atoms with E-state index in [1.165, 1.54) is 0 Å². The number of esters is 2. The molecule has 4 aromatic rings. The van der Waals surface area contributed by atoms with Crippen LogP contribution in [-0.2, 0) is 28.1 Å². The third-order valence-corrected chi connectivity index (χ3v) is 7.60. The average Bonchev–Trinajstić information content (AvgIpc) is 3.02. The molecular weight excluding hydrogens is 626 g/mol. The van der Waals surface area contributed by atoms with Crippen LogP contribution in [0.2, 0.25) is 0 Å². The van der Waals surface area contributed by atoms with Gasteiger partial charge < -0.3 is 19.3 Å². The summed E-state index contributed by atoms with van der Waals surface area (Å²) < 4.78 is 98.2. The standard InChI is InChI=1S/C35H32F6N2O4/c1-42(2)29-17-5-23(6-18-29)21-46-31(44)25-9-13-27(14-10-25)33(34(36,37)38,35(39,40)41)28-15-11-26(12-16-28)32(45)47-22-24-7-19-30(20-8-24)43(3)4/h5-20H,21-22H2,1-4H3. The molecule has 6 nitrogen and oxygen atoms in total. The zero-order chi connectivity index (χ0) is 34.6. The molecule has 0 N–H and O–H groups in total. The summed E-state index contributed by atoms with van der Waals surface area (Å²) in [7, 11) is 7.41. The quantitative estimate of drug-likeness (QED) is 0.127. The summed E-state index contributed by atoms with van der Waals surface area (Å²) in [5.41, 5.74) is -4.16. The maximum absolute atomic E-state index is 14.6. The third-order valence-electron chi connectivity index (χ3n) is 7.60. The number of carbonyl (C=O) groups excluding carboxylic acids is 2. The van der Waals surface area contributed by atoms with E-state index in [-0.39, 0.29) is 24.3 Å². The fourth-order valence-corrected chi connectivity index (χ4v) is 4.94. The lowest BCUT2D eigenvalue weighted by molar-refractivity contribution is -0.288. The maximum atomic E-state index is 14.6. The van der Waals surface area contributed by atoms with E-state index in [0.717, 1.165) is 35.6 Å². The van der Waals surface area contributed by atoms with E-state index in [0.29, 0.717) is 35.4 Å². The minimum Gasteiger partial charge on any atom is -0.457 e. The topological polar surface area (TPSA) is 59.1 Å². The predicted molar refractivity (Wildman–Crippen MR) is 166 cm³/mol. The Hall–Kier alpha value is -5.00. The number of alkyl halides is 6. The smallest absolute Gasteiger partial charge is 0.411 e. The summed E-state index contributed by atoms with van der Waals surface area (Å²) in [6.45, 7) is -0.304. The van der Waals surface area contributed by atoms with E-state index in [1.807, 2.05) is 38.0 Å². The molecule has 0 aliphatic rings. The Labute approximate surface area is 268 Å². The van der Waals surface area contributed by atoms with Gasteiger partial charge in [-0.25, -0.2) is 9.59 Å². The van der Waals surface area contributed by atoms with Crippen LogP contribution in [0.25, 0.3) is 0 Å². The average molecular weight is 659 g/mol. The predicted octanol–water partition coefficient (Wildman–Crippen LogP) is 7.94. The number of ether oxygens (including phenoxy) is 2. The summed E-state index contributed by atoms with van der Waals surface area (Å²) in [4.78, 5) is 28.9. The van der Waals surface area contributed by atoms with E-state index in [1.54, 1.807) is 48.5 Å². The van der Waals surface area contributed by atoms with Crippen molar-refractivity contribution in [1.82, 2.24) is 0 Å². The van der Waals surface area contributed by atoms with Gasteiger partial charge in [-0.15, -0.1) is 0 Å².